The summed E-state index contributed by atoms with van der Waals surface area (Å²) in [6.45, 7) is 5.11. The molecule has 1 aromatic carbocycles. The molecule has 1 aliphatic carbocycles. The number of fused-ring (bicyclic) bond motifs is 1. The summed E-state index contributed by atoms with van der Waals surface area (Å²) in [6, 6.07) is 12.0. The summed E-state index contributed by atoms with van der Waals surface area (Å²) in [5.74, 6) is 0.468. The second-order valence-corrected chi connectivity index (χ2v) is 11.8. The predicted molar refractivity (Wildman–Crippen MR) is 133 cm³/mol. The maximum absolute atomic E-state index is 13.5. The molecular formula is C27H26F3N3O2S. The molecule has 1 saturated carbocycles. The highest BCUT2D eigenvalue weighted by Gasteiger charge is 2.34. The molecule has 188 valence electrons. The van der Waals surface area contributed by atoms with E-state index in [1.165, 1.54) is 23.0 Å². The normalized spacial score (nSPS) is 14.6. The topological polar surface area (TPSA) is 64.8 Å². The Hall–Kier alpha value is -3.20. The highest BCUT2D eigenvalue weighted by Crippen LogP contribution is 2.41. The molecule has 3 aliphatic rings. The van der Waals surface area contributed by atoms with E-state index in [-0.39, 0.29) is 33.8 Å². The molecule has 2 aliphatic heterocycles. The molecule has 0 unspecified atom stereocenters. The minimum atomic E-state index is -4.53. The fourth-order valence-corrected chi connectivity index (χ4v) is 5.46. The highest BCUT2D eigenvalue weighted by atomic mass is 32.2. The molecule has 0 bridgehead atoms. The second kappa shape index (κ2) is 8.73. The predicted octanol–water partition coefficient (Wildman–Crippen LogP) is 6.99. The van der Waals surface area contributed by atoms with E-state index in [0.29, 0.717) is 17.2 Å². The summed E-state index contributed by atoms with van der Waals surface area (Å²) in [6.07, 6.45) is 0.500. The van der Waals surface area contributed by atoms with Gasteiger partial charge in [-0.1, -0.05) is 31.2 Å². The first kappa shape index (κ1) is 24.5. The van der Waals surface area contributed by atoms with Gasteiger partial charge in [0, 0.05) is 24.0 Å². The SMILES string of the molecule is CCS(=O)(=O)c1cc(-c2ccc(C3CC3)cc2)cnc1-c1cc2n(C(C)C)cc(C(F)(F)F)cc-2n1. The van der Waals surface area contributed by atoms with Gasteiger partial charge in [-0.15, -0.1) is 0 Å². The first-order valence-electron chi connectivity index (χ1n) is 11.9. The number of rotatable bonds is 6. The third-order valence-corrected chi connectivity index (χ3v) is 8.35. The van der Waals surface area contributed by atoms with Crippen molar-refractivity contribution >= 4 is 9.84 Å². The van der Waals surface area contributed by atoms with Gasteiger partial charge in [-0.3, -0.25) is 4.98 Å². The molecule has 3 heterocycles. The largest absolute Gasteiger partial charge is 0.417 e. The van der Waals surface area contributed by atoms with Crippen LogP contribution in [-0.2, 0) is 16.0 Å². The number of halogens is 3. The van der Waals surface area contributed by atoms with E-state index in [2.05, 4.69) is 22.1 Å². The van der Waals surface area contributed by atoms with E-state index >= 15 is 0 Å². The molecule has 1 aromatic heterocycles. The summed E-state index contributed by atoms with van der Waals surface area (Å²) >= 11 is 0. The minimum Gasteiger partial charge on any atom is -0.343 e. The Morgan fingerprint density at radius 1 is 1.03 bits per heavy atom. The third kappa shape index (κ3) is 4.52. The van der Waals surface area contributed by atoms with E-state index < -0.39 is 21.6 Å². The van der Waals surface area contributed by atoms with E-state index in [1.807, 2.05) is 12.1 Å². The number of pyridine rings is 2. The van der Waals surface area contributed by atoms with Gasteiger partial charge < -0.3 is 4.57 Å². The maximum atomic E-state index is 13.5. The quantitative estimate of drug-likeness (QED) is 0.279. The van der Waals surface area contributed by atoms with Crippen LogP contribution in [0.5, 0.6) is 0 Å². The van der Waals surface area contributed by atoms with Gasteiger partial charge >= 0.3 is 6.18 Å². The van der Waals surface area contributed by atoms with Crippen LogP contribution in [0.2, 0.25) is 0 Å². The van der Waals surface area contributed by atoms with Gasteiger partial charge in [0.15, 0.2) is 9.84 Å². The minimum absolute atomic E-state index is 0.0173. The third-order valence-electron chi connectivity index (χ3n) is 6.61. The molecule has 0 amide bonds. The number of benzene rings is 1. The van der Waals surface area contributed by atoms with Crippen molar-refractivity contribution in [3.8, 4) is 33.9 Å². The van der Waals surface area contributed by atoms with Gasteiger partial charge in [-0.25, -0.2) is 13.4 Å². The van der Waals surface area contributed by atoms with E-state index in [1.54, 1.807) is 39.1 Å². The lowest BCUT2D eigenvalue weighted by atomic mass is 10.0. The maximum Gasteiger partial charge on any atom is 0.417 e. The average Bonchev–Trinajstić information content (AvgIpc) is 3.60. The number of hydrogen-bond acceptors (Lipinski definition) is 4. The molecule has 0 spiro atoms. The number of alkyl halides is 3. The highest BCUT2D eigenvalue weighted by molar-refractivity contribution is 7.91. The molecule has 2 aromatic rings. The molecule has 0 atom stereocenters. The standard InChI is InChI=1S/C27H26F3N3O2S/c1-4-36(34,35)25-11-20(19-9-7-18(8-10-19)17-5-6-17)14-31-26(25)23-13-24-22(32-23)12-21(27(28,29)30)15-33(24)16(2)3/h7-17H,4-6H2,1-3H3. The molecular weight excluding hydrogens is 487 g/mol. The summed E-state index contributed by atoms with van der Waals surface area (Å²) in [5.41, 5.74) is 2.93. The molecule has 5 rings (SSSR count). The Labute approximate surface area is 208 Å². The van der Waals surface area contributed by atoms with Crippen molar-refractivity contribution in [3.63, 3.8) is 0 Å². The van der Waals surface area contributed by atoms with Crippen LogP contribution >= 0.6 is 0 Å². The Bertz CT molecular complexity index is 1500. The first-order valence-corrected chi connectivity index (χ1v) is 13.6. The molecule has 0 radical (unpaired) electrons. The zero-order valence-corrected chi connectivity index (χ0v) is 21.0. The fraction of sp³-hybridized carbons (Fsp3) is 0.333. The van der Waals surface area contributed by atoms with E-state index in [0.717, 1.165) is 17.8 Å². The lowest BCUT2D eigenvalue weighted by Gasteiger charge is -2.19. The summed E-state index contributed by atoms with van der Waals surface area (Å²) in [7, 11) is -3.70. The van der Waals surface area contributed by atoms with Crippen LogP contribution in [0.1, 0.15) is 56.7 Å². The van der Waals surface area contributed by atoms with E-state index in [9.17, 15) is 21.6 Å². The lowest BCUT2D eigenvalue weighted by Crippen LogP contribution is -2.12. The first-order chi connectivity index (χ1) is 17.0. The van der Waals surface area contributed by atoms with Crippen LogP contribution in [-0.4, -0.2) is 28.7 Å². The van der Waals surface area contributed by atoms with Crippen molar-refractivity contribution in [2.45, 2.75) is 56.6 Å². The van der Waals surface area contributed by atoms with Crippen LogP contribution in [0.15, 0.2) is 59.8 Å². The molecule has 1 fully saturated rings. The zero-order valence-electron chi connectivity index (χ0n) is 20.2. The van der Waals surface area contributed by atoms with Gasteiger partial charge in [-0.2, -0.15) is 13.2 Å². The Balaban J connectivity index is 1.66. The lowest BCUT2D eigenvalue weighted by molar-refractivity contribution is -0.138. The Kier molecular flexibility index (Phi) is 5.94. The van der Waals surface area contributed by atoms with Crippen LogP contribution in [0.3, 0.4) is 0 Å². The van der Waals surface area contributed by atoms with Gasteiger partial charge in [-0.05, 0) is 61.9 Å². The van der Waals surface area contributed by atoms with Crippen molar-refractivity contribution < 1.29 is 21.6 Å². The van der Waals surface area contributed by atoms with Crippen molar-refractivity contribution in [1.82, 2.24) is 14.5 Å². The monoisotopic (exact) mass is 513 g/mol. The average molecular weight is 514 g/mol. The molecule has 0 saturated heterocycles. The van der Waals surface area contributed by atoms with Crippen molar-refractivity contribution in [2.24, 2.45) is 0 Å². The summed E-state index contributed by atoms with van der Waals surface area (Å²) in [4.78, 5) is 8.90. The van der Waals surface area contributed by atoms with Crippen LogP contribution in [0.25, 0.3) is 33.9 Å². The van der Waals surface area contributed by atoms with Gasteiger partial charge in [0.05, 0.1) is 33.3 Å². The molecule has 0 N–H and O–H groups in total. The number of aromatic nitrogens is 3. The number of sulfone groups is 1. The molecule has 36 heavy (non-hydrogen) atoms. The van der Waals surface area contributed by atoms with Crippen molar-refractivity contribution in [2.75, 3.05) is 5.75 Å². The van der Waals surface area contributed by atoms with E-state index in [4.69, 9.17) is 0 Å². The molecule has 9 heteroatoms. The molecule has 5 nitrogen and oxygen atoms in total. The number of hydrogen-bond donors (Lipinski definition) is 0. The second-order valence-electron chi connectivity index (χ2n) is 9.51. The van der Waals surface area contributed by atoms with Gasteiger partial charge in [0.2, 0.25) is 0 Å². The zero-order chi connectivity index (χ0) is 25.8. The van der Waals surface area contributed by atoms with Crippen molar-refractivity contribution in [3.05, 3.63) is 66.0 Å². The summed E-state index contributed by atoms with van der Waals surface area (Å²) < 4.78 is 68.2. The Morgan fingerprint density at radius 3 is 2.31 bits per heavy atom. The Morgan fingerprint density at radius 2 is 1.72 bits per heavy atom. The van der Waals surface area contributed by atoms with Crippen LogP contribution in [0.4, 0.5) is 13.2 Å². The van der Waals surface area contributed by atoms with Gasteiger partial charge in [0.1, 0.15) is 5.69 Å². The van der Waals surface area contributed by atoms with Crippen LogP contribution in [0, 0.1) is 0 Å². The summed E-state index contributed by atoms with van der Waals surface area (Å²) in [5, 5.41) is 0. The fourth-order valence-electron chi connectivity index (χ4n) is 4.40. The van der Waals surface area contributed by atoms with Crippen LogP contribution < -0.4 is 0 Å². The van der Waals surface area contributed by atoms with Crippen molar-refractivity contribution in [1.29, 1.82) is 0 Å². The number of nitrogens with zero attached hydrogens (tertiary/aromatic N) is 3. The van der Waals surface area contributed by atoms with Gasteiger partial charge in [0.25, 0.3) is 0 Å². The smallest absolute Gasteiger partial charge is 0.343 e.